The molecule has 1 amide bonds. The second-order valence-corrected chi connectivity index (χ2v) is 10.8. The van der Waals surface area contributed by atoms with Crippen LogP contribution in [0.1, 0.15) is 16.8 Å². The smallest absolute Gasteiger partial charge is 0.251 e. The second kappa shape index (κ2) is 7.43. The lowest BCUT2D eigenvalue weighted by atomic mass is 10.2. The minimum Gasteiger partial charge on any atom is -0.379 e. The number of amides is 1. The molecule has 0 spiro atoms. The van der Waals surface area contributed by atoms with Crippen LogP contribution in [0.15, 0.2) is 23.1 Å². The fourth-order valence-corrected chi connectivity index (χ4v) is 6.53. The quantitative estimate of drug-likeness (QED) is 0.746. The summed E-state index contributed by atoms with van der Waals surface area (Å²) in [5.74, 6) is -0.595. The summed E-state index contributed by atoms with van der Waals surface area (Å²) in [5.41, 5.74) is 0.116. The van der Waals surface area contributed by atoms with E-state index in [9.17, 15) is 21.6 Å². The van der Waals surface area contributed by atoms with Crippen LogP contribution in [0.25, 0.3) is 0 Å². The number of nitrogens with one attached hydrogen (secondary N) is 1. The molecule has 2 heterocycles. The molecule has 2 saturated heterocycles. The third-order valence-corrected chi connectivity index (χ3v) is 8.50. The fraction of sp³-hybridized carbons (Fsp3) is 0.533. The van der Waals surface area contributed by atoms with Crippen molar-refractivity contribution < 1.29 is 26.4 Å². The Morgan fingerprint density at radius 1 is 1.27 bits per heavy atom. The molecular formula is C15H19ClN2O6S2. The highest BCUT2D eigenvalue weighted by Gasteiger charge is 2.31. The van der Waals surface area contributed by atoms with Crippen molar-refractivity contribution in [2.24, 2.45) is 0 Å². The number of benzene rings is 1. The van der Waals surface area contributed by atoms with Crippen molar-refractivity contribution in [3.63, 3.8) is 0 Å². The first-order valence-corrected chi connectivity index (χ1v) is 11.7. The van der Waals surface area contributed by atoms with Gasteiger partial charge in [-0.25, -0.2) is 16.8 Å². The van der Waals surface area contributed by atoms with Gasteiger partial charge in [-0.1, -0.05) is 11.6 Å². The molecule has 0 aromatic heterocycles. The van der Waals surface area contributed by atoms with Gasteiger partial charge in [0, 0.05) is 24.7 Å². The molecule has 0 bridgehead atoms. The van der Waals surface area contributed by atoms with Crippen molar-refractivity contribution in [1.82, 2.24) is 9.62 Å². The summed E-state index contributed by atoms with van der Waals surface area (Å²) in [5, 5.41) is 2.66. The largest absolute Gasteiger partial charge is 0.379 e. The summed E-state index contributed by atoms with van der Waals surface area (Å²) >= 11 is 6.06. The van der Waals surface area contributed by atoms with Gasteiger partial charge < -0.3 is 10.1 Å². The molecule has 26 heavy (non-hydrogen) atoms. The molecule has 2 aliphatic heterocycles. The van der Waals surface area contributed by atoms with E-state index < -0.39 is 31.8 Å². The maximum absolute atomic E-state index is 12.8. The molecule has 2 aliphatic rings. The normalized spacial score (nSPS) is 23.7. The molecule has 0 unspecified atom stereocenters. The number of sulfone groups is 1. The number of carbonyl (C=O) groups excluding carboxylic acids is 1. The summed E-state index contributed by atoms with van der Waals surface area (Å²) < 4.78 is 55.0. The molecule has 2 fully saturated rings. The van der Waals surface area contributed by atoms with Crippen LogP contribution in [0.5, 0.6) is 0 Å². The van der Waals surface area contributed by atoms with E-state index in [0.717, 1.165) is 0 Å². The molecule has 144 valence electrons. The molecule has 0 aliphatic carbocycles. The summed E-state index contributed by atoms with van der Waals surface area (Å²) in [6.45, 7) is 1.03. The Morgan fingerprint density at radius 2 is 1.96 bits per heavy atom. The number of sulfonamides is 1. The van der Waals surface area contributed by atoms with Gasteiger partial charge in [-0.15, -0.1) is 0 Å². The van der Waals surface area contributed by atoms with Gasteiger partial charge in [0.1, 0.15) is 4.90 Å². The summed E-state index contributed by atoms with van der Waals surface area (Å²) in [6.07, 6.45) is 0.348. The number of nitrogens with zero attached hydrogens (tertiary/aromatic N) is 1. The molecule has 1 aromatic rings. The molecule has 1 aromatic carbocycles. The average Bonchev–Trinajstić information content (AvgIpc) is 2.94. The predicted octanol–water partition coefficient (Wildman–Crippen LogP) is 0.278. The second-order valence-electron chi connectivity index (χ2n) is 6.24. The first-order valence-electron chi connectivity index (χ1n) is 8.08. The molecule has 1 N–H and O–H groups in total. The number of ether oxygens (including phenoxy) is 1. The molecule has 8 nitrogen and oxygen atoms in total. The number of halogens is 1. The van der Waals surface area contributed by atoms with Crippen molar-refractivity contribution in [2.45, 2.75) is 17.4 Å². The highest BCUT2D eigenvalue weighted by molar-refractivity contribution is 7.91. The minimum absolute atomic E-state index is 0.0245. The number of carbonyl (C=O) groups is 1. The summed E-state index contributed by atoms with van der Waals surface area (Å²) in [7, 11) is -6.98. The first kappa shape index (κ1) is 19.6. The lowest BCUT2D eigenvalue weighted by Gasteiger charge is -2.26. The van der Waals surface area contributed by atoms with Gasteiger partial charge >= 0.3 is 0 Å². The number of hydrogen-bond acceptors (Lipinski definition) is 6. The first-order chi connectivity index (χ1) is 12.2. The lowest BCUT2D eigenvalue weighted by molar-refractivity contribution is 0.0730. The Kier molecular flexibility index (Phi) is 5.59. The third-order valence-electron chi connectivity index (χ3n) is 4.35. The Hall–Kier alpha value is -1.20. The molecule has 11 heteroatoms. The van der Waals surface area contributed by atoms with E-state index in [2.05, 4.69) is 5.32 Å². The van der Waals surface area contributed by atoms with Crippen molar-refractivity contribution in [1.29, 1.82) is 0 Å². The zero-order valence-electron chi connectivity index (χ0n) is 13.9. The van der Waals surface area contributed by atoms with Gasteiger partial charge in [-0.2, -0.15) is 4.31 Å². The van der Waals surface area contributed by atoms with Crippen molar-refractivity contribution >= 4 is 37.4 Å². The van der Waals surface area contributed by atoms with Gasteiger partial charge in [-0.3, -0.25) is 4.79 Å². The number of rotatable bonds is 4. The Morgan fingerprint density at radius 3 is 2.58 bits per heavy atom. The van der Waals surface area contributed by atoms with Crippen LogP contribution >= 0.6 is 11.6 Å². The molecule has 1 atom stereocenters. The van der Waals surface area contributed by atoms with E-state index in [1.807, 2.05) is 0 Å². The van der Waals surface area contributed by atoms with Crippen LogP contribution < -0.4 is 5.32 Å². The molecule has 0 radical (unpaired) electrons. The van der Waals surface area contributed by atoms with Gasteiger partial charge in [0.2, 0.25) is 10.0 Å². The summed E-state index contributed by atoms with van der Waals surface area (Å²) in [6, 6.07) is 3.53. The highest BCUT2D eigenvalue weighted by atomic mass is 35.5. The zero-order valence-corrected chi connectivity index (χ0v) is 16.2. The Balaban J connectivity index is 1.82. The summed E-state index contributed by atoms with van der Waals surface area (Å²) in [4.78, 5) is 12.3. The number of hydrogen-bond donors (Lipinski definition) is 1. The monoisotopic (exact) mass is 422 g/mol. The fourth-order valence-electron chi connectivity index (χ4n) is 2.95. The Bertz CT molecular complexity index is 910. The van der Waals surface area contributed by atoms with Gasteiger partial charge in [0.15, 0.2) is 9.84 Å². The van der Waals surface area contributed by atoms with E-state index >= 15 is 0 Å². The SMILES string of the molecule is O=C(N[C@@H]1CCS(=O)(=O)C1)c1ccc(Cl)c(S(=O)(=O)N2CCOCC2)c1. The van der Waals surface area contributed by atoms with E-state index in [1.165, 1.54) is 22.5 Å². The van der Waals surface area contributed by atoms with Crippen molar-refractivity contribution in [2.75, 3.05) is 37.8 Å². The van der Waals surface area contributed by atoms with Gasteiger partial charge in [0.05, 0.1) is 29.7 Å². The highest BCUT2D eigenvalue weighted by Crippen LogP contribution is 2.26. The molecule has 0 saturated carbocycles. The van der Waals surface area contributed by atoms with E-state index in [1.54, 1.807) is 0 Å². The Labute approximate surface area is 157 Å². The van der Waals surface area contributed by atoms with Gasteiger partial charge in [0.25, 0.3) is 5.91 Å². The van der Waals surface area contributed by atoms with Crippen molar-refractivity contribution in [3.05, 3.63) is 28.8 Å². The number of morpholine rings is 1. The van der Waals surface area contributed by atoms with Crippen LogP contribution in [-0.4, -0.2) is 70.9 Å². The maximum atomic E-state index is 12.8. The standard InChI is InChI=1S/C15H19ClN2O6S2/c16-13-2-1-11(15(19)17-12-3-8-25(20,21)10-12)9-14(13)26(22,23)18-4-6-24-7-5-18/h1-2,9,12H,3-8,10H2,(H,17,19)/t12-/m1/s1. The van der Waals surface area contributed by atoms with Crippen LogP contribution in [0.3, 0.4) is 0 Å². The van der Waals surface area contributed by atoms with E-state index in [-0.39, 0.29) is 40.1 Å². The van der Waals surface area contributed by atoms with Crippen LogP contribution in [-0.2, 0) is 24.6 Å². The zero-order chi connectivity index (χ0) is 18.9. The van der Waals surface area contributed by atoms with Gasteiger partial charge in [-0.05, 0) is 24.6 Å². The topological polar surface area (TPSA) is 110 Å². The minimum atomic E-state index is -3.85. The lowest BCUT2D eigenvalue weighted by Crippen LogP contribution is -2.41. The van der Waals surface area contributed by atoms with E-state index in [4.69, 9.17) is 16.3 Å². The van der Waals surface area contributed by atoms with Crippen LogP contribution in [0, 0.1) is 0 Å². The third kappa shape index (κ3) is 4.20. The van der Waals surface area contributed by atoms with Crippen LogP contribution in [0.2, 0.25) is 5.02 Å². The average molecular weight is 423 g/mol. The molecular weight excluding hydrogens is 404 g/mol. The maximum Gasteiger partial charge on any atom is 0.251 e. The van der Waals surface area contributed by atoms with E-state index in [0.29, 0.717) is 19.6 Å². The molecule has 3 rings (SSSR count). The predicted molar refractivity (Wildman–Crippen MR) is 95.6 cm³/mol. The van der Waals surface area contributed by atoms with Crippen molar-refractivity contribution in [3.8, 4) is 0 Å². The van der Waals surface area contributed by atoms with Crippen LogP contribution in [0.4, 0.5) is 0 Å².